The third-order valence-electron chi connectivity index (χ3n) is 2.64. The number of nitro benzene ring substituents is 1. The minimum absolute atomic E-state index is 0.146. The lowest BCUT2D eigenvalue weighted by molar-refractivity contribution is -0.384. The second-order valence-corrected chi connectivity index (χ2v) is 3.97. The Kier molecular flexibility index (Phi) is 3.91. The van der Waals surface area contributed by atoms with E-state index in [9.17, 15) is 10.1 Å². The molecule has 2 aromatic rings. The molecule has 0 aliphatic carbocycles. The summed E-state index contributed by atoms with van der Waals surface area (Å²) in [5.74, 6) is 0. The van der Waals surface area contributed by atoms with Crippen molar-refractivity contribution < 1.29 is 4.92 Å². The maximum absolute atomic E-state index is 10.6. The Balaban J connectivity index is 1.90. The van der Waals surface area contributed by atoms with Crippen LogP contribution in [-0.4, -0.2) is 11.5 Å². The van der Waals surface area contributed by atoms with Gasteiger partial charge in [-0.3, -0.25) is 10.1 Å². The second kappa shape index (κ2) is 5.82. The molecule has 2 aromatic carbocycles. The molecular weight excluding hydrogens is 228 g/mol. The Labute approximate surface area is 105 Å². The Morgan fingerprint density at radius 1 is 1.06 bits per heavy atom. The van der Waals surface area contributed by atoms with E-state index in [0.717, 1.165) is 24.2 Å². The zero-order valence-corrected chi connectivity index (χ0v) is 9.87. The number of anilines is 1. The van der Waals surface area contributed by atoms with Gasteiger partial charge in [0.1, 0.15) is 0 Å². The standard InChI is InChI=1S/C14H14N2O2/c17-16(18)14-8-4-5-12(11-14)9-10-15-13-6-2-1-3-7-13/h1-8,11,15H,9-10H2. The molecule has 0 heterocycles. The number of nitro groups is 1. The molecule has 0 radical (unpaired) electrons. The lowest BCUT2D eigenvalue weighted by atomic mass is 10.1. The normalized spacial score (nSPS) is 10.0. The largest absolute Gasteiger partial charge is 0.385 e. The van der Waals surface area contributed by atoms with Crippen molar-refractivity contribution in [3.8, 4) is 0 Å². The summed E-state index contributed by atoms with van der Waals surface area (Å²) in [6.07, 6.45) is 0.760. The molecule has 4 heteroatoms. The van der Waals surface area contributed by atoms with E-state index in [-0.39, 0.29) is 10.6 Å². The Morgan fingerprint density at radius 2 is 1.83 bits per heavy atom. The molecule has 18 heavy (non-hydrogen) atoms. The molecule has 0 aromatic heterocycles. The van der Waals surface area contributed by atoms with E-state index in [2.05, 4.69) is 5.32 Å². The monoisotopic (exact) mass is 242 g/mol. The third-order valence-corrected chi connectivity index (χ3v) is 2.64. The maximum atomic E-state index is 10.6. The molecule has 0 saturated heterocycles. The van der Waals surface area contributed by atoms with E-state index in [1.165, 1.54) is 6.07 Å². The first-order chi connectivity index (χ1) is 8.75. The van der Waals surface area contributed by atoms with Gasteiger partial charge >= 0.3 is 0 Å². The summed E-state index contributed by atoms with van der Waals surface area (Å²) in [6, 6.07) is 16.6. The molecule has 4 nitrogen and oxygen atoms in total. The average molecular weight is 242 g/mol. The molecule has 0 unspecified atom stereocenters. The fourth-order valence-electron chi connectivity index (χ4n) is 1.73. The Bertz CT molecular complexity index is 526. The first-order valence-corrected chi connectivity index (χ1v) is 5.78. The molecule has 2 rings (SSSR count). The van der Waals surface area contributed by atoms with Gasteiger partial charge in [0.15, 0.2) is 0 Å². The highest BCUT2D eigenvalue weighted by molar-refractivity contribution is 5.42. The maximum Gasteiger partial charge on any atom is 0.269 e. The van der Waals surface area contributed by atoms with Gasteiger partial charge in [-0.25, -0.2) is 0 Å². The molecule has 1 N–H and O–H groups in total. The number of hydrogen-bond donors (Lipinski definition) is 1. The smallest absolute Gasteiger partial charge is 0.269 e. The second-order valence-electron chi connectivity index (χ2n) is 3.97. The molecule has 0 aliphatic rings. The molecular formula is C14H14N2O2. The fraction of sp³-hybridized carbons (Fsp3) is 0.143. The van der Waals surface area contributed by atoms with Crippen LogP contribution in [0.2, 0.25) is 0 Å². The number of nitrogens with one attached hydrogen (secondary N) is 1. The van der Waals surface area contributed by atoms with Crippen molar-refractivity contribution in [3.63, 3.8) is 0 Å². The summed E-state index contributed by atoms with van der Waals surface area (Å²) in [7, 11) is 0. The summed E-state index contributed by atoms with van der Waals surface area (Å²) < 4.78 is 0. The quantitative estimate of drug-likeness (QED) is 0.646. The van der Waals surface area contributed by atoms with Crippen molar-refractivity contribution in [2.24, 2.45) is 0 Å². The number of non-ortho nitro benzene ring substituents is 1. The van der Waals surface area contributed by atoms with Crippen molar-refractivity contribution in [2.75, 3.05) is 11.9 Å². The van der Waals surface area contributed by atoms with Crippen molar-refractivity contribution in [1.82, 2.24) is 0 Å². The van der Waals surface area contributed by atoms with Crippen LogP contribution < -0.4 is 5.32 Å². The topological polar surface area (TPSA) is 55.2 Å². The molecule has 0 amide bonds. The summed E-state index contributed by atoms with van der Waals surface area (Å²) in [5, 5.41) is 13.9. The highest BCUT2D eigenvalue weighted by Gasteiger charge is 2.04. The van der Waals surface area contributed by atoms with Crippen LogP contribution in [0.1, 0.15) is 5.56 Å². The number of rotatable bonds is 5. The van der Waals surface area contributed by atoms with Gasteiger partial charge in [-0.05, 0) is 24.1 Å². The number of nitrogens with zero attached hydrogens (tertiary/aromatic N) is 1. The molecule has 0 fully saturated rings. The summed E-state index contributed by atoms with van der Waals surface area (Å²) in [5.41, 5.74) is 2.17. The van der Waals surface area contributed by atoms with E-state index in [4.69, 9.17) is 0 Å². The van der Waals surface area contributed by atoms with Crippen molar-refractivity contribution in [2.45, 2.75) is 6.42 Å². The molecule has 0 aliphatic heterocycles. The molecule has 0 saturated carbocycles. The number of hydrogen-bond acceptors (Lipinski definition) is 3. The lowest BCUT2D eigenvalue weighted by Crippen LogP contribution is -2.04. The van der Waals surface area contributed by atoms with Crippen molar-refractivity contribution in [1.29, 1.82) is 0 Å². The van der Waals surface area contributed by atoms with Gasteiger partial charge in [-0.15, -0.1) is 0 Å². The van der Waals surface area contributed by atoms with Crippen molar-refractivity contribution >= 4 is 11.4 Å². The van der Waals surface area contributed by atoms with Crippen LogP contribution in [0.15, 0.2) is 54.6 Å². The number of benzene rings is 2. The van der Waals surface area contributed by atoms with Crippen LogP contribution >= 0.6 is 0 Å². The van der Waals surface area contributed by atoms with Gasteiger partial charge in [-0.2, -0.15) is 0 Å². The molecule has 0 atom stereocenters. The van der Waals surface area contributed by atoms with Crippen LogP contribution in [0, 0.1) is 10.1 Å². The van der Waals surface area contributed by atoms with Gasteiger partial charge < -0.3 is 5.32 Å². The zero-order chi connectivity index (χ0) is 12.8. The summed E-state index contributed by atoms with van der Waals surface area (Å²) in [6.45, 7) is 0.755. The van der Waals surface area contributed by atoms with Gasteiger partial charge in [0, 0.05) is 24.4 Å². The SMILES string of the molecule is O=[N+]([O-])c1cccc(CCNc2ccccc2)c1. The lowest BCUT2D eigenvalue weighted by Gasteiger charge is -2.05. The minimum Gasteiger partial charge on any atom is -0.385 e. The Hall–Kier alpha value is -2.36. The average Bonchev–Trinajstić information content (AvgIpc) is 2.40. The van der Waals surface area contributed by atoms with Crippen LogP contribution in [0.4, 0.5) is 11.4 Å². The van der Waals surface area contributed by atoms with Gasteiger partial charge in [0.05, 0.1) is 4.92 Å². The van der Waals surface area contributed by atoms with Crippen LogP contribution in [0.3, 0.4) is 0 Å². The van der Waals surface area contributed by atoms with E-state index < -0.39 is 0 Å². The van der Waals surface area contributed by atoms with Crippen molar-refractivity contribution in [3.05, 3.63) is 70.3 Å². The van der Waals surface area contributed by atoms with Crippen LogP contribution in [0.25, 0.3) is 0 Å². The number of para-hydroxylation sites is 1. The highest BCUT2D eigenvalue weighted by Crippen LogP contribution is 2.13. The minimum atomic E-state index is -0.367. The first kappa shape index (κ1) is 12.1. The van der Waals surface area contributed by atoms with E-state index in [1.807, 2.05) is 36.4 Å². The van der Waals surface area contributed by atoms with Gasteiger partial charge in [-0.1, -0.05) is 30.3 Å². The molecule has 92 valence electrons. The molecule has 0 bridgehead atoms. The molecule has 0 spiro atoms. The van der Waals surface area contributed by atoms with E-state index in [0.29, 0.717) is 0 Å². The van der Waals surface area contributed by atoms with E-state index in [1.54, 1.807) is 12.1 Å². The third kappa shape index (κ3) is 3.31. The van der Waals surface area contributed by atoms with E-state index >= 15 is 0 Å². The first-order valence-electron chi connectivity index (χ1n) is 5.78. The zero-order valence-electron chi connectivity index (χ0n) is 9.87. The Morgan fingerprint density at radius 3 is 2.56 bits per heavy atom. The summed E-state index contributed by atoms with van der Waals surface area (Å²) >= 11 is 0. The van der Waals surface area contributed by atoms with Crippen LogP contribution in [0.5, 0.6) is 0 Å². The highest BCUT2D eigenvalue weighted by atomic mass is 16.6. The fourth-order valence-corrected chi connectivity index (χ4v) is 1.73. The summed E-state index contributed by atoms with van der Waals surface area (Å²) in [4.78, 5) is 10.3. The van der Waals surface area contributed by atoms with Gasteiger partial charge in [0.2, 0.25) is 0 Å². The predicted octanol–water partition coefficient (Wildman–Crippen LogP) is 3.25. The van der Waals surface area contributed by atoms with Crippen LogP contribution in [-0.2, 0) is 6.42 Å². The van der Waals surface area contributed by atoms with Gasteiger partial charge in [0.25, 0.3) is 5.69 Å². The predicted molar refractivity (Wildman–Crippen MR) is 71.7 cm³/mol.